The number of hydrogen-bond acceptors (Lipinski definition) is 8. The number of carbonyl (C=O) groups is 1. The van der Waals surface area contributed by atoms with Crippen LogP contribution in [0.4, 0.5) is 16.6 Å². The number of carbonyl (C=O) groups excluding carboxylic acids is 1. The van der Waals surface area contributed by atoms with Crippen LogP contribution < -0.4 is 15.0 Å². The number of likely N-dealkylation sites (N-methyl/N-ethyl adjacent to an activating group) is 1. The summed E-state index contributed by atoms with van der Waals surface area (Å²) >= 11 is 1.48. The van der Waals surface area contributed by atoms with E-state index >= 15 is 0 Å². The molecule has 2 aromatic heterocycles. The molecule has 33 heavy (non-hydrogen) atoms. The SMILES string of the molecule is C=NC(=O)c1ccc(OC(C)C)c(Nc2nc(-c3ccc(N4CCN(C)CC4)nc3)cs2)c1. The number of rotatable bonds is 7. The van der Waals surface area contributed by atoms with E-state index in [1.165, 1.54) is 11.3 Å². The van der Waals surface area contributed by atoms with Crippen LogP contribution >= 0.6 is 11.3 Å². The molecule has 1 aromatic carbocycles. The number of aliphatic imine (C=N–C) groups is 1. The Morgan fingerprint density at radius 3 is 2.67 bits per heavy atom. The highest BCUT2D eigenvalue weighted by atomic mass is 32.1. The fraction of sp³-hybridized carbons (Fsp3) is 0.333. The van der Waals surface area contributed by atoms with Crippen LogP contribution in [0.1, 0.15) is 24.2 Å². The zero-order valence-corrected chi connectivity index (χ0v) is 19.9. The zero-order valence-electron chi connectivity index (χ0n) is 19.1. The van der Waals surface area contributed by atoms with Crippen LogP contribution in [0, 0.1) is 0 Å². The second-order valence-electron chi connectivity index (χ2n) is 8.20. The van der Waals surface area contributed by atoms with Gasteiger partial charge in [0.1, 0.15) is 11.6 Å². The minimum Gasteiger partial charge on any atom is -0.489 e. The van der Waals surface area contributed by atoms with Crippen molar-refractivity contribution in [1.29, 1.82) is 0 Å². The van der Waals surface area contributed by atoms with Crippen LogP contribution in [0.3, 0.4) is 0 Å². The van der Waals surface area contributed by atoms with Crippen LogP contribution in [-0.2, 0) is 0 Å². The van der Waals surface area contributed by atoms with Crippen LogP contribution in [0.15, 0.2) is 46.9 Å². The van der Waals surface area contributed by atoms with Crippen molar-refractivity contribution < 1.29 is 9.53 Å². The van der Waals surface area contributed by atoms with Gasteiger partial charge in [0, 0.05) is 48.9 Å². The fourth-order valence-electron chi connectivity index (χ4n) is 3.55. The molecule has 0 saturated carbocycles. The van der Waals surface area contributed by atoms with Gasteiger partial charge in [0.15, 0.2) is 5.13 Å². The van der Waals surface area contributed by atoms with E-state index in [4.69, 9.17) is 9.72 Å². The summed E-state index contributed by atoms with van der Waals surface area (Å²) in [5, 5.41) is 5.97. The number of amides is 1. The normalized spacial score (nSPS) is 14.4. The molecule has 3 heterocycles. The summed E-state index contributed by atoms with van der Waals surface area (Å²) in [6.07, 6.45) is 1.86. The molecule has 8 nitrogen and oxygen atoms in total. The second-order valence-corrected chi connectivity index (χ2v) is 9.06. The molecule has 172 valence electrons. The molecular formula is C24H28N6O2S. The second kappa shape index (κ2) is 10.1. The van der Waals surface area contributed by atoms with Crippen LogP contribution in [-0.4, -0.2) is 66.8 Å². The fourth-order valence-corrected chi connectivity index (χ4v) is 4.28. The van der Waals surface area contributed by atoms with Gasteiger partial charge < -0.3 is 19.9 Å². The van der Waals surface area contributed by atoms with Crippen LogP contribution in [0.25, 0.3) is 11.3 Å². The first-order valence-corrected chi connectivity index (χ1v) is 11.7. The summed E-state index contributed by atoms with van der Waals surface area (Å²) in [4.78, 5) is 29.5. The third kappa shape index (κ3) is 5.55. The lowest BCUT2D eigenvalue weighted by Crippen LogP contribution is -2.44. The van der Waals surface area contributed by atoms with Gasteiger partial charge in [-0.3, -0.25) is 4.79 Å². The third-order valence-corrected chi connectivity index (χ3v) is 6.11. The molecule has 1 aliphatic heterocycles. The van der Waals surface area contributed by atoms with Gasteiger partial charge in [-0.2, -0.15) is 0 Å². The molecule has 0 unspecified atom stereocenters. The van der Waals surface area contributed by atoms with Gasteiger partial charge in [0.25, 0.3) is 5.91 Å². The molecule has 0 aliphatic carbocycles. The predicted octanol–water partition coefficient (Wildman–Crippen LogP) is 4.33. The Morgan fingerprint density at radius 1 is 1.21 bits per heavy atom. The Balaban J connectivity index is 1.51. The lowest BCUT2D eigenvalue weighted by molar-refractivity contribution is 0.100. The molecule has 3 aromatic rings. The number of nitrogens with zero attached hydrogens (tertiary/aromatic N) is 5. The third-order valence-electron chi connectivity index (χ3n) is 5.35. The maximum Gasteiger partial charge on any atom is 0.276 e. The summed E-state index contributed by atoms with van der Waals surface area (Å²) in [6, 6.07) is 9.26. The topological polar surface area (TPSA) is 82.9 Å². The van der Waals surface area contributed by atoms with Gasteiger partial charge in [0.05, 0.1) is 17.5 Å². The molecular weight excluding hydrogens is 436 g/mol. The summed E-state index contributed by atoms with van der Waals surface area (Å²) in [5.74, 6) is 1.24. The van der Waals surface area contributed by atoms with Gasteiger partial charge in [0.2, 0.25) is 0 Å². The minimum atomic E-state index is -0.388. The standard InChI is InChI=1S/C24H28N6O2S/c1-16(2)32-21-7-5-17(23(31)25-3)13-19(21)27-24-28-20(15-33-24)18-6-8-22(26-14-18)30-11-9-29(4)10-12-30/h5-8,13-16H,3,9-12H2,1-2,4H3,(H,27,28). The van der Waals surface area contributed by atoms with Crippen molar-refractivity contribution in [2.45, 2.75) is 20.0 Å². The van der Waals surface area contributed by atoms with Crippen molar-refractivity contribution in [3.8, 4) is 17.0 Å². The lowest BCUT2D eigenvalue weighted by atomic mass is 10.1. The predicted molar refractivity (Wildman–Crippen MR) is 134 cm³/mol. The molecule has 0 radical (unpaired) electrons. The number of hydrogen-bond donors (Lipinski definition) is 1. The zero-order chi connectivity index (χ0) is 23.4. The van der Waals surface area contributed by atoms with E-state index < -0.39 is 0 Å². The van der Waals surface area contributed by atoms with Crippen molar-refractivity contribution in [2.75, 3.05) is 43.4 Å². The maximum absolute atomic E-state index is 12.0. The molecule has 1 aliphatic rings. The number of benzene rings is 1. The summed E-state index contributed by atoms with van der Waals surface area (Å²) in [7, 11) is 2.14. The quantitative estimate of drug-likeness (QED) is 0.521. The average Bonchev–Trinajstić information content (AvgIpc) is 3.28. The van der Waals surface area contributed by atoms with Crippen LogP contribution in [0.5, 0.6) is 5.75 Å². The Labute approximate surface area is 198 Å². The van der Waals surface area contributed by atoms with E-state index in [0.717, 1.165) is 43.3 Å². The first kappa shape index (κ1) is 22.9. The highest BCUT2D eigenvalue weighted by molar-refractivity contribution is 7.14. The highest BCUT2D eigenvalue weighted by Gasteiger charge is 2.16. The Morgan fingerprint density at radius 2 is 2.00 bits per heavy atom. The Hall–Kier alpha value is -3.30. The first-order valence-electron chi connectivity index (χ1n) is 10.9. The number of ether oxygens (including phenoxy) is 1. The number of aromatic nitrogens is 2. The van der Waals surface area contributed by atoms with Crippen molar-refractivity contribution in [1.82, 2.24) is 14.9 Å². The number of anilines is 3. The van der Waals surface area contributed by atoms with E-state index in [2.05, 4.69) is 51.0 Å². The van der Waals surface area contributed by atoms with E-state index in [0.29, 0.717) is 22.1 Å². The molecule has 9 heteroatoms. The summed E-state index contributed by atoms with van der Waals surface area (Å²) in [5.41, 5.74) is 2.88. The van der Waals surface area contributed by atoms with Crippen molar-refractivity contribution in [3.05, 3.63) is 47.5 Å². The van der Waals surface area contributed by atoms with Gasteiger partial charge in [-0.05, 0) is 57.9 Å². The van der Waals surface area contributed by atoms with E-state index in [-0.39, 0.29) is 12.0 Å². The van der Waals surface area contributed by atoms with Crippen molar-refractivity contribution in [3.63, 3.8) is 0 Å². The van der Waals surface area contributed by atoms with E-state index in [1.54, 1.807) is 18.2 Å². The van der Waals surface area contributed by atoms with Crippen LogP contribution in [0.2, 0.25) is 0 Å². The van der Waals surface area contributed by atoms with E-state index in [9.17, 15) is 4.79 Å². The van der Waals surface area contributed by atoms with Gasteiger partial charge in [-0.1, -0.05) is 0 Å². The summed E-state index contributed by atoms with van der Waals surface area (Å²) < 4.78 is 5.89. The molecule has 1 N–H and O–H groups in total. The summed E-state index contributed by atoms with van der Waals surface area (Å²) in [6.45, 7) is 11.3. The number of pyridine rings is 1. The number of nitrogens with one attached hydrogen (secondary N) is 1. The number of piperazine rings is 1. The molecule has 4 rings (SSSR count). The molecule has 1 saturated heterocycles. The average molecular weight is 465 g/mol. The molecule has 0 spiro atoms. The molecule has 0 atom stereocenters. The molecule has 0 bridgehead atoms. The Bertz CT molecular complexity index is 1120. The van der Waals surface area contributed by atoms with Gasteiger partial charge >= 0.3 is 0 Å². The minimum absolute atomic E-state index is 0.0126. The maximum atomic E-state index is 12.0. The molecule has 1 amide bonds. The highest BCUT2D eigenvalue weighted by Crippen LogP contribution is 2.33. The van der Waals surface area contributed by atoms with E-state index in [1.807, 2.05) is 25.4 Å². The number of thiazole rings is 1. The smallest absolute Gasteiger partial charge is 0.276 e. The van der Waals surface area contributed by atoms with Crippen molar-refractivity contribution in [2.24, 2.45) is 4.99 Å². The molecule has 1 fully saturated rings. The van der Waals surface area contributed by atoms with Gasteiger partial charge in [-0.25, -0.2) is 15.0 Å². The van der Waals surface area contributed by atoms with Gasteiger partial charge in [-0.15, -0.1) is 11.3 Å². The largest absolute Gasteiger partial charge is 0.489 e. The lowest BCUT2D eigenvalue weighted by Gasteiger charge is -2.33. The van der Waals surface area contributed by atoms with Crippen molar-refractivity contribution >= 4 is 40.6 Å². The first-order chi connectivity index (χ1) is 15.9. The monoisotopic (exact) mass is 464 g/mol. The Kier molecular flexibility index (Phi) is 7.00.